The van der Waals surface area contributed by atoms with Gasteiger partial charge in [0.15, 0.2) is 0 Å². The molecule has 0 bridgehead atoms. The Morgan fingerprint density at radius 3 is 1.22 bits per heavy atom. The van der Waals surface area contributed by atoms with Crippen LogP contribution in [0.25, 0.3) is 0 Å². The van der Waals surface area contributed by atoms with E-state index in [9.17, 15) is 0 Å². The van der Waals surface area contributed by atoms with Crippen LogP contribution in [-0.2, 0) is 0 Å². The molecule has 6 heteroatoms. The smallest absolute Gasteiger partial charge is 1.00 e. The van der Waals surface area contributed by atoms with Crippen molar-refractivity contribution in [2.24, 2.45) is 4.52 Å². The van der Waals surface area contributed by atoms with Crippen molar-refractivity contribution in [1.29, 1.82) is 0 Å². The minimum Gasteiger partial charge on any atom is 1.00 e. The summed E-state index contributed by atoms with van der Waals surface area (Å²) in [7, 11) is 0. The van der Waals surface area contributed by atoms with Crippen LogP contribution in [0.3, 0.4) is 0 Å². The fourth-order valence-electron chi connectivity index (χ4n) is 1.82. The third kappa shape index (κ3) is 5.48. The first-order chi connectivity index (χ1) is 7.48. The van der Waals surface area contributed by atoms with Crippen molar-refractivity contribution < 1.29 is 29.6 Å². The van der Waals surface area contributed by atoms with E-state index in [1.54, 1.807) is 0 Å². The van der Waals surface area contributed by atoms with Crippen molar-refractivity contribution in [3.05, 3.63) is 0 Å². The molecule has 0 rings (SSSR count). The molecule has 0 N–H and O–H groups in total. The Balaban J connectivity index is 0. The van der Waals surface area contributed by atoms with Crippen LogP contribution in [0.2, 0.25) is 0 Å². The van der Waals surface area contributed by atoms with Gasteiger partial charge in [-0.2, -0.15) is 0 Å². The Hall–Kier alpha value is 2.70. The van der Waals surface area contributed by atoms with E-state index in [0.29, 0.717) is 22.6 Å². The summed E-state index contributed by atoms with van der Waals surface area (Å²) in [6.45, 7) is 18.5. The molecule has 0 atom stereocenters. The zero-order chi connectivity index (χ0) is 14.0. The second kappa shape index (κ2) is 8.98. The van der Waals surface area contributed by atoms with E-state index in [0.717, 1.165) is 0 Å². The summed E-state index contributed by atoms with van der Waals surface area (Å²) in [5.41, 5.74) is 1.26. The van der Waals surface area contributed by atoms with Crippen molar-refractivity contribution in [3.8, 4) is 0 Å². The molecule has 0 aromatic rings. The average molecular weight is 429 g/mol. The van der Waals surface area contributed by atoms with Crippen molar-refractivity contribution in [1.82, 2.24) is 0 Å². The topological polar surface area (TPSA) is 12.4 Å². The molecule has 104 valence electrons. The zero-order valence-corrected chi connectivity index (χ0v) is 20.7. The Labute approximate surface area is 152 Å². The standard InChI is InChI=1S/C12H28NP2Se2.Na/c1-9(2)14(16,10(3)4)13-15(17,11(5)6)12(7)8;/h9-12H,1-8H3;/q-1;+1. The monoisotopic (exact) mass is 431 g/mol. The Morgan fingerprint density at radius 2 is 1.06 bits per heavy atom. The summed E-state index contributed by atoms with van der Waals surface area (Å²) in [5, 5.41) is 0. The van der Waals surface area contributed by atoms with Gasteiger partial charge in [-0.05, 0) is 0 Å². The molecule has 0 aromatic carbocycles. The van der Waals surface area contributed by atoms with Gasteiger partial charge in [-0.25, -0.2) is 0 Å². The van der Waals surface area contributed by atoms with Gasteiger partial charge in [0.25, 0.3) is 0 Å². The molecule has 0 heterocycles. The molecule has 0 fully saturated rings. The van der Waals surface area contributed by atoms with Crippen molar-refractivity contribution in [2.45, 2.75) is 78.0 Å². The first kappa shape index (κ1) is 23.0. The Bertz CT molecular complexity index is 328. The van der Waals surface area contributed by atoms with Gasteiger partial charge < -0.3 is 0 Å². The van der Waals surface area contributed by atoms with E-state index >= 15 is 0 Å². The molecule has 0 unspecified atom stereocenters. The van der Waals surface area contributed by atoms with E-state index in [-0.39, 0.29) is 29.6 Å². The van der Waals surface area contributed by atoms with E-state index in [2.05, 4.69) is 86.1 Å². The van der Waals surface area contributed by atoms with Gasteiger partial charge in [0, 0.05) is 0 Å². The van der Waals surface area contributed by atoms with Gasteiger partial charge in [0.2, 0.25) is 0 Å². The van der Waals surface area contributed by atoms with Crippen LogP contribution in [0, 0.1) is 0 Å². The third-order valence-electron chi connectivity index (χ3n) is 3.24. The fraction of sp³-hybridized carbons (Fsp3) is 1.00. The number of hydrogen-bond donors (Lipinski definition) is 0. The van der Waals surface area contributed by atoms with Gasteiger partial charge in [-0.1, -0.05) is 0 Å². The maximum atomic E-state index is 5.45. The molecular formula is C12H28NNaP2Se2. The van der Waals surface area contributed by atoms with E-state index in [4.69, 9.17) is 4.52 Å². The van der Waals surface area contributed by atoms with Crippen LogP contribution in [0.1, 0.15) is 55.4 Å². The number of hydrogen-bond acceptors (Lipinski definition) is 1. The maximum Gasteiger partial charge on any atom is 1.00 e. The predicted octanol–water partition coefficient (Wildman–Crippen LogP) is 1.92. The number of rotatable bonds is 5. The van der Waals surface area contributed by atoms with E-state index in [1.807, 2.05) is 0 Å². The van der Waals surface area contributed by atoms with Crippen LogP contribution < -0.4 is 29.6 Å². The van der Waals surface area contributed by atoms with Crippen LogP contribution in [-0.4, -0.2) is 53.3 Å². The van der Waals surface area contributed by atoms with Crippen LogP contribution in [0.5, 0.6) is 0 Å². The molecular weight excluding hydrogens is 401 g/mol. The van der Waals surface area contributed by atoms with E-state index in [1.165, 1.54) is 0 Å². The number of nitrogens with zero attached hydrogens (tertiary/aromatic N) is 1. The fourth-order valence-corrected chi connectivity index (χ4v) is 15.9. The van der Waals surface area contributed by atoms with Crippen LogP contribution in [0.4, 0.5) is 0 Å². The summed E-state index contributed by atoms with van der Waals surface area (Å²) in [4.78, 5) is 0. The second-order valence-electron chi connectivity index (χ2n) is 5.81. The maximum absolute atomic E-state index is 5.45. The zero-order valence-electron chi connectivity index (χ0n) is 13.5. The largest absolute Gasteiger partial charge is 1.00 e. The van der Waals surface area contributed by atoms with E-state index < -0.39 is 11.4 Å². The quantitative estimate of drug-likeness (QED) is 0.468. The van der Waals surface area contributed by atoms with Gasteiger partial charge in [0.05, 0.1) is 0 Å². The summed E-state index contributed by atoms with van der Waals surface area (Å²) in [6, 6.07) is 0. The average Bonchev–Trinajstić information content (AvgIpc) is 2.15. The molecule has 0 radical (unpaired) electrons. The van der Waals surface area contributed by atoms with Crippen molar-refractivity contribution in [3.63, 3.8) is 0 Å². The molecule has 0 aliphatic carbocycles. The van der Waals surface area contributed by atoms with Crippen molar-refractivity contribution >= 4 is 42.1 Å². The first-order valence-electron chi connectivity index (χ1n) is 6.42. The third-order valence-corrected chi connectivity index (χ3v) is 24.8. The molecule has 0 saturated carbocycles. The molecule has 0 saturated heterocycles. The molecule has 0 aromatic heterocycles. The molecule has 1 nitrogen and oxygen atoms in total. The second-order valence-corrected chi connectivity index (χ2v) is 20.7. The normalized spacial score (nSPS) is 13.4. The summed E-state index contributed by atoms with van der Waals surface area (Å²) in [5.74, 6) is -1.32. The van der Waals surface area contributed by atoms with Gasteiger partial charge in [0.1, 0.15) is 0 Å². The Morgan fingerprint density at radius 1 is 0.778 bits per heavy atom. The SMILES string of the molecule is CC(C)P(=[Se])(N=P([Se-])(C(C)C)C(C)C)C(C)C.[Na+]. The summed E-state index contributed by atoms with van der Waals surface area (Å²) < 4.78 is 5.45. The molecule has 0 aliphatic heterocycles. The molecule has 0 spiro atoms. The van der Waals surface area contributed by atoms with Crippen LogP contribution >= 0.6 is 11.4 Å². The minimum absolute atomic E-state index is 0. The predicted molar refractivity (Wildman–Crippen MR) is 88.3 cm³/mol. The molecule has 0 amide bonds. The van der Waals surface area contributed by atoms with Gasteiger partial charge in [-0.3, -0.25) is 0 Å². The van der Waals surface area contributed by atoms with Gasteiger partial charge in [-0.15, -0.1) is 0 Å². The molecule has 0 aliphatic rings. The summed E-state index contributed by atoms with van der Waals surface area (Å²) in [6.07, 6.45) is 0. The molecule has 18 heavy (non-hydrogen) atoms. The first-order valence-corrected chi connectivity index (χ1v) is 14.6. The van der Waals surface area contributed by atoms with Crippen LogP contribution in [0.15, 0.2) is 4.52 Å². The Kier molecular flexibility index (Phi) is 11.5. The summed E-state index contributed by atoms with van der Waals surface area (Å²) >= 11 is 7.01. The minimum atomic E-state index is -1.32. The van der Waals surface area contributed by atoms with Crippen molar-refractivity contribution in [2.75, 3.05) is 0 Å². The van der Waals surface area contributed by atoms with Gasteiger partial charge >= 0.3 is 154 Å².